The Bertz CT molecular complexity index is 1360. The van der Waals surface area contributed by atoms with Crippen LogP contribution in [0.1, 0.15) is 150 Å². The average Bonchev–Trinajstić information content (AvgIpc) is 3.80. The molecule has 0 saturated carbocycles. The quantitative estimate of drug-likeness (QED) is 0.0512. The van der Waals surface area contributed by atoms with Gasteiger partial charge in [-0.2, -0.15) is 0 Å². The molecule has 0 fully saturated rings. The second-order valence-electron chi connectivity index (χ2n) is 13.3. The largest absolute Gasteiger partial charge is 0.136 e. The van der Waals surface area contributed by atoms with E-state index in [-0.39, 0.29) is 0 Å². The van der Waals surface area contributed by atoms with Crippen molar-refractivity contribution in [2.45, 2.75) is 129 Å². The normalized spacial score (nSPS) is 12.0. The zero-order chi connectivity index (χ0) is 33.5. The van der Waals surface area contributed by atoms with E-state index in [4.69, 9.17) is 0 Å². The molecule has 0 saturated heterocycles. The third-order valence-corrected chi connectivity index (χ3v) is 11.3. The first kappa shape index (κ1) is 37.9. The molecular formula is C46H60S2. The second-order valence-corrected chi connectivity index (χ2v) is 15.5. The van der Waals surface area contributed by atoms with Crippen molar-refractivity contribution in [1.29, 1.82) is 0 Å². The van der Waals surface area contributed by atoms with Gasteiger partial charge in [-0.3, -0.25) is 0 Å². The first-order chi connectivity index (χ1) is 23.7. The molecule has 0 N–H and O–H groups in total. The lowest BCUT2D eigenvalue weighted by Gasteiger charge is -2.01. The summed E-state index contributed by atoms with van der Waals surface area (Å²) in [6.07, 6.45) is 38.3. The van der Waals surface area contributed by atoms with Crippen LogP contribution in [-0.4, -0.2) is 0 Å². The maximum absolute atomic E-state index is 2.36. The molecule has 0 atom stereocenters. The summed E-state index contributed by atoms with van der Waals surface area (Å²) in [7, 11) is 0. The number of thiophene rings is 2. The fourth-order valence-electron chi connectivity index (χ4n) is 6.10. The second kappa shape index (κ2) is 23.4. The number of benzene rings is 2. The zero-order valence-corrected chi connectivity index (χ0v) is 31.6. The molecule has 0 amide bonds. The van der Waals surface area contributed by atoms with Gasteiger partial charge in [0, 0.05) is 19.5 Å². The van der Waals surface area contributed by atoms with Crippen molar-refractivity contribution < 1.29 is 0 Å². The van der Waals surface area contributed by atoms with Gasteiger partial charge in [0.1, 0.15) is 0 Å². The molecule has 0 radical (unpaired) electrons. The van der Waals surface area contributed by atoms with Gasteiger partial charge in [-0.05, 0) is 84.4 Å². The third-order valence-electron chi connectivity index (χ3n) is 9.13. The van der Waals surface area contributed by atoms with Crippen molar-refractivity contribution in [1.82, 2.24) is 0 Å². The van der Waals surface area contributed by atoms with Gasteiger partial charge in [0.05, 0.1) is 0 Å². The fraction of sp³-hybridized carbons (Fsp3) is 0.435. The van der Waals surface area contributed by atoms with Crippen LogP contribution in [0.2, 0.25) is 0 Å². The lowest BCUT2D eigenvalue weighted by molar-refractivity contribution is 0.578. The highest BCUT2D eigenvalue weighted by Crippen LogP contribution is 2.31. The molecule has 0 aliphatic rings. The topological polar surface area (TPSA) is 0 Å². The smallest absolute Gasteiger partial charge is 0.0349 e. The summed E-state index contributed by atoms with van der Waals surface area (Å²) in [4.78, 5) is 5.37. The minimum atomic E-state index is 1.19. The molecule has 0 aliphatic carbocycles. The Morgan fingerprint density at radius 3 is 1.10 bits per heavy atom. The maximum Gasteiger partial charge on any atom is 0.0349 e. The van der Waals surface area contributed by atoms with Crippen molar-refractivity contribution in [3.63, 3.8) is 0 Å². The first-order valence-corrected chi connectivity index (χ1v) is 20.8. The van der Waals surface area contributed by atoms with E-state index in [9.17, 15) is 0 Å². The molecule has 0 unspecified atom stereocenters. The van der Waals surface area contributed by atoms with E-state index in [1.165, 1.54) is 157 Å². The Kier molecular flexibility index (Phi) is 18.5. The molecule has 4 rings (SSSR count). The molecule has 0 bridgehead atoms. The first-order valence-electron chi connectivity index (χ1n) is 19.2. The number of hydrogen-bond donors (Lipinski definition) is 0. The van der Waals surface area contributed by atoms with E-state index in [1.54, 1.807) is 0 Å². The van der Waals surface area contributed by atoms with Crippen LogP contribution in [0.5, 0.6) is 0 Å². The van der Waals surface area contributed by atoms with Crippen LogP contribution in [0.3, 0.4) is 0 Å². The van der Waals surface area contributed by atoms with Crippen molar-refractivity contribution in [3.05, 3.63) is 106 Å². The van der Waals surface area contributed by atoms with Crippen molar-refractivity contribution >= 4 is 47.0 Å². The minimum absolute atomic E-state index is 1.19. The Hall–Kier alpha value is -2.94. The van der Waals surface area contributed by atoms with Crippen LogP contribution in [-0.2, 0) is 0 Å². The van der Waals surface area contributed by atoms with Gasteiger partial charge in [0.15, 0.2) is 0 Å². The predicted molar refractivity (Wildman–Crippen MR) is 221 cm³/mol. The SMILES string of the molecule is CCCCCCCCCCC=Cc1ccc(-c2ccc(C=Cc3ccc(-c4ccc(C=CCCCCCCCCCC)s4)cc3)cc2)s1. The van der Waals surface area contributed by atoms with Gasteiger partial charge >= 0.3 is 0 Å². The van der Waals surface area contributed by atoms with Gasteiger partial charge in [0.2, 0.25) is 0 Å². The molecule has 0 spiro atoms. The number of allylic oxidation sites excluding steroid dienone is 2. The summed E-state index contributed by atoms with van der Waals surface area (Å²) in [6.45, 7) is 4.58. The van der Waals surface area contributed by atoms with Crippen LogP contribution in [0.25, 0.3) is 45.2 Å². The van der Waals surface area contributed by atoms with Gasteiger partial charge in [-0.15, -0.1) is 22.7 Å². The lowest BCUT2D eigenvalue weighted by atomic mass is 10.1. The van der Waals surface area contributed by atoms with E-state index < -0.39 is 0 Å². The van der Waals surface area contributed by atoms with E-state index in [2.05, 4.69) is 123 Å². The Morgan fingerprint density at radius 1 is 0.375 bits per heavy atom. The summed E-state index contributed by atoms with van der Waals surface area (Å²) >= 11 is 3.77. The number of rotatable bonds is 24. The van der Waals surface area contributed by atoms with E-state index in [0.717, 1.165) is 0 Å². The molecule has 2 aromatic carbocycles. The molecule has 0 aliphatic heterocycles. The lowest BCUT2D eigenvalue weighted by Crippen LogP contribution is -1.79. The maximum atomic E-state index is 2.36. The van der Waals surface area contributed by atoms with Gasteiger partial charge in [-0.25, -0.2) is 0 Å². The molecule has 0 nitrogen and oxygen atoms in total. The molecule has 4 aromatic rings. The van der Waals surface area contributed by atoms with Crippen LogP contribution < -0.4 is 0 Å². The van der Waals surface area contributed by atoms with Gasteiger partial charge in [0.25, 0.3) is 0 Å². The van der Waals surface area contributed by atoms with Gasteiger partial charge in [-0.1, -0.05) is 177 Å². The van der Waals surface area contributed by atoms with Crippen molar-refractivity contribution in [3.8, 4) is 20.9 Å². The molecule has 256 valence electrons. The van der Waals surface area contributed by atoms with Crippen LogP contribution >= 0.6 is 22.7 Å². The summed E-state index contributed by atoms with van der Waals surface area (Å²) in [5, 5.41) is 0. The molecular weight excluding hydrogens is 617 g/mol. The molecule has 2 aromatic heterocycles. The van der Waals surface area contributed by atoms with E-state index in [1.807, 2.05) is 22.7 Å². The van der Waals surface area contributed by atoms with Crippen molar-refractivity contribution in [2.24, 2.45) is 0 Å². The van der Waals surface area contributed by atoms with Crippen molar-refractivity contribution in [2.75, 3.05) is 0 Å². The van der Waals surface area contributed by atoms with Crippen LogP contribution in [0, 0.1) is 0 Å². The number of hydrogen-bond acceptors (Lipinski definition) is 2. The number of unbranched alkanes of at least 4 members (excludes halogenated alkanes) is 16. The fourth-order valence-corrected chi connectivity index (χ4v) is 7.98. The summed E-state index contributed by atoms with van der Waals surface area (Å²) < 4.78 is 0. The highest BCUT2D eigenvalue weighted by molar-refractivity contribution is 7.16. The van der Waals surface area contributed by atoms with Crippen LogP contribution in [0.15, 0.2) is 84.9 Å². The standard InChI is InChI=1S/C46H60S2/c1-3-5-7-9-11-13-15-17-19-21-23-43-35-37-45(47-43)41-31-27-39(28-32-41)25-26-40-29-33-42(34-30-40)46-38-36-44(48-46)24-22-20-18-16-14-12-10-8-6-4-2/h21-38H,3-20H2,1-2H3. The Balaban J connectivity index is 1.16. The molecule has 2 heteroatoms. The van der Waals surface area contributed by atoms with E-state index in [0.29, 0.717) is 0 Å². The summed E-state index contributed by atoms with van der Waals surface area (Å²) in [5.41, 5.74) is 5.04. The minimum Gasteiger partial charge on any atom is -0.136 e. The predicted octanol–water partition coefficient (Wildman–Crippen LogP) is 16.4. The van der Waals surface area contributed by atoms with E-state index >= 15 is 0 Å². The Morgan fingerprint density at radius 2 is 0.729 bits per heavy atom. The monoisotopic (exact) mass is 676 g/mol. The third kappa shape index (κ3) is 14.7. The zero-order valence-electron chi connectivity index (χ0n) is 29.9. The summed E-state index contributed by atoms with van der Waals surface area (Å²) in [5.74, 6) is 0. The molecule has 2 heterocycles. The molecule has 48 heavy (non-hydrogen) atoms. The highest BCUT2D eigenvalue weighted by Gasteiger charge is 2.03. The highest BCUT2D eigenvalue weighted by atomic mass is 32.1. The Labute approximate surface area is 301 Å². The van der Waals surface area contributed by atoms with Crippen LogP contribution in [0.4, 0.5) is 0 Å². The van der Waals surface area contributed by atoms with Gasteiger partial charge < -0.3 is 0 Å². The summed E-state index contributed by atoms with van der Waals surface area (Å²) in [6, 6.07) is 27.0. The average molecular weight is 677 g/mol.